The molecule has 4 heteroatoms. The van der Waals surface area contributed by atoms with Crippen molar-refractivity contribution in [3.05, 3.63) is 47.0 Å². The Labute approximate surface area is 110 Å². The van der Waals surface area contributed by atoms with E-state index in [1.165, 1.54) is 0 Å². The molecule has 0 amide bonds. The molecule has 1 aliphatic rings. The molecular formula is C14H12ClNO2. The molecule has 3 rings (SSSR count). The van der Waals surface area contributed by atoms with E-state index in [1.807, 2.05) is 36.4 Å². The predicted octanol–water partition coefficient (Wildman–Crippen LogP) is 3.19. The van der Waals surface area contributed by atoms with Gasteiger partial charge in [-0.15, -0.1) is 0 Å². The second-order valence-electron chi connectivity index (χ2n) is 4.09. The van der Waals surface area contributed by atoms with Gasteiger partial charge in [-0.2, -0.15) is 0 Å². The highest BCUT2D eigenvalue weighted by molar-refractivity contribution is 6.33. The Hall–Kier alpha value is -1.71. The van der Waals surface area contributed by atoms with Gasteiger partial charge in [0, 0.05) is 17.1 Å². The summed E-state index contributed by atoms with van der Waals surface area (Å²) in [6, 6.07) is 11.6. The standard InChI is InChI=1S/C14H12ClNO2/c15-12-3-1-9(7-16)5-11(12)10-2-4-13-14(6-10)18-8-17-13/h1-6H,7-8,16H2. The van der Waals surface area contributed by atoms with Gasteiger partial charge in [0.2, 0.25) is 6.79 Å². The maximum atomic E-state index is 6.23. The molecule has 0 fully saturated rings. The molecule has 1 heterocycles. The average Bonchev–Trinajstić information content (AvgIpc) is 2.86. The lowest BCUT2D eigenvalue weighted by molar-refractivity contribution is 0.174. The molecule has 0 saturated carbocycles. The van der Waals surface area contributed by atoms with Gasteiger partial charge in [-0.25, -0.2) is 0 Å². The van der Waals surface area contributed by atoms with Crippen LogP contribution in [0.1, 0.15) is 5.56 Å². The van der Waals surface area contributed by atoms with Gasteiger partial charge in [0.1, 0.15) is 0 Å². The van der Waals surface area contributed by atoms with Crippen molar-refractivity contribution in [2.75, 3.05) is 6.79 Å². The molecule has 0 saturated heterocycles. The van der Waals surface area contributed by atoms with Crippen molar-refractivity contribution < 1.29 is 9.47 Å². The number of benzene rings is 2. The Morgan fingerprint density at radius 2 is 1.89 bits per heavy atom. The van der Waals surface area contributed by atoms with E-state index < -0.39 is 0 Å². The van der Waals surface area contributed by atoms with Crippen molar-refractivity contribution in [2.45, 2.75) is 6.54 Å². The highest BCUT2D eigenvalue weighted by atomic mass is 35.5. The van der Waals surface area contributed by atoms with Crippen molar-refractivity contribution >= 4 is 11.6 Å². The Morgan fingerprint density at radius 1 is 1.06 bits per heavy atom. The fourth-order valence-electron chi connectivity index (χ4n) is 1.98. The zero-order valence-corrected chi connectivity index (χ0v) is 10.4. The Balaban J connectivity index is 2.09. The van der Waals surface area contributed by atoms with E-state index in [1.54, 1.807) is 0 Å². The number of halogens is 1. The van der Waals surface area contributed by atoms with Crippen molar-refractivity contribution in [2.24, 2.45) is 5.73 Å². The van der Waals surface area contributed by atoms with Crippen LogP contribution < -0.4 is 15.2 Å². The minimum atomic E-state index is 0.273. The molecule has 2 aromatic rings. The van der Waals surface area contributed by atoms with Gasteiger partial charge >= 0.3 is 0 Å². The molecule has 3 nitrogen and oxygen atoms in total. The third-order valence-electron chi connectivity index (χ3n) is 2.95. The van der Waals surface area contributed by atoms with E-state index >= 15 is 0 Å². The third-order valence-corrected chi connectivity index (χ3v) is 3.28. The van der Waals surface area contributed by atoms with Gasteiger partial charge in [-0.05, 0) is 35.4 Å². The number of rotatable bonds is 2. The molecule has 0 spiro atoms. The second-order valence-corrected chi connectivity index (χ2v) is 4.49. The van der Waals surface area contributed by atoms with Gasteiger partial charge in [0.05, 0.1) is 0 Å². The molecular weight excluding hydrogens is 250 g/mol. The lowest BCUT2D eigenvalue weighted by atomic mass is 10.0. The van der Waals surface area contributed by atoms with E-state index in [4.69, 9.17) is 26.8 Å². The highest BCUT2D eigenvalue weighted by Gasteiger charge is 2.15. The normalized spacial score (nSPS) is 12.8. The van der Waals surface area contributed by atoms with Crippen LogP contribution in [0.3, 0.4) is 0 Å². The summed E-state index contributed by atoms with van der Waals surface area (Å²) in [5.41, 5.74) is 8.65. The van der Waals surface area contributed by atoms with Gasteiger partial charge in [-0.1, -0.05) is 23.7 Å². The maximum absolute atomic E-state index is 6.23. The number of hydrogen-bond acceptors (Lipinski definition) is 3. The number of nitrogens with two attached hydrogens (primary N) is 1. The number of ether oxygens (including phenoxy) is 2. The third kappa shape index (κ3) is 1.92. The topological polar surface area (TPSA) is 44.5 Å². The van der Waals surface area contributed by atoms with Crippen molar-refractivity contribution in [1.29, 1.82) is 0 Å². The van der Waals surface area contributed by atoms with Crippen LogP contribution in [0.15, 0.2) is 36.4 Å². The Morgan fingerprint density at radius 3 is 2.72 bits per heavy atom. The lowest BCUT2D eigenvalue weighted by Crippen LogP contribution is -1.96. The van der Waals surface area contributed by atoms with Crippen LogP contribution in [-0.4, -0.2) is 6.79 Å². The van der Waals surface area contributed by atoms with Crippen LogP contribution in [0.25, 0.3) is 11.1 Å². The molecule has 0 bridgehead atoms. The highest BCUT2D eigenvalue weighted by Crippen LogP contribution is 2.38. The minimum Gasteiger partial charge on any atom is -0.454 e. The Kier molecular flexibility index (Phi) is 2.86. The fourth-order valence-corrected chi connectivity index (χ4v) is 2.21. The summed E-state index contributed by atoms with van der Waals surface area (Å²) in [4.78, 5) is 0. The predicted molar refractivity (Wildman–Crippen MR) is 70.9 cm³/mol. The number of hydrogen-bond donors (Lipinski definition) is 1. The average molecular weight is 262 g/mol. The van der Waals surface area contributed by atoms with E-state index in [-0.39, 0.29) is 6.79 Å². The summed E-state index contributed by atoms with van der Waals surface area (Å²) in [7, 11) is 0. The van der Waals surface area contributed by atoms with Gasteiger partial charge in [0.25, 0.3) is 0 Å². The summed E-state index contributed by atoms with van der Waals surface area (Å²) in [5, 5.41) is 0.700. The van der Waals surface area contributed by atoms with Gasteiger partial charge < -0.3 is 15.2 Å². The van der Waals surface area contributed by atoms with Crippen LogP contribution in [0.5, 0.6) is 11.5 Å². The molecule has 1 aliphatic heterocycles. The quantitative estimate of drug-likeness (QED) is 0.903. The molecule has 0 aromatic heterocycles. The van der Waals surface area contributed by atoms with Crippen molar-refractivity contribution in [3.63, 3.8) is 0 Å². The molecule has 18 heavy (non-hydrogen) atoms. The van der Waals surface area contributed by atoms with Crippen LogP contribution in [0.2, 0.25) is 5.02 Å². The van der Waals surface area contributed by atoms with E-state index in [2.05, 4.69) is 0 Å². The second kappa shape index (κ2) is 4.52. The first-order chi connectivity index (χ1) is 8.78. The Bertz CT molecular complexity index is 598. The van der Waals surface area contributed by atoms with Crippen LogP contribution in [0.4, 0.5) is 0 Å². The molecule has 2 N–H and O–H groups in total. The molecule has 92 valence electrons. The first-order valence-electron chi connectivity index (χ1n) is 5.66. The summed E-state index contributed by atoms with van der Waals surface area (Å²) < 4.78 is 10.7. The van der Waals surface area contributed by atoms with Gasteiger partial charge in [0.15, 0.2) is 11.5 Å². The van der Waals surface area contributed by atoms with E-state index in [0.29, 0.717) is 11.6 Å². The smallest absolute Gasteiger partial charge is 0.231 e. The summed E-state index contributed by atoms with van der Waals surface area (Å²) in [5.74, 6) is 1.52. The maximum Gasteiger partial charge on any atom is 0.231 e. The molecule has 2 aromatic carbocycles. The van der Waals surface area contributed by atoms with Crippen molar-refractivity contribution in [3.8, 4) is 22.6 Å². The molecule has 0 aliphatic carbocycles. The number of fused-ring (bicyclic) bond motifs is 1. The first kappa shape index (κ1) is 11.4. The summed E-state index contributed by atoms with van der Waals surface area (Å²) in [6.45, 7) is 0.768. The lowest BCUT2D eigenvalue weighted by Gasteiger charge is -2.08. The van der Waals surface area contributed by atoms with Gasteiger partial charge in [-0.3, -0.25) is 0 Å². The van der Waals surface area contributed by atoms with Crippen LogP contribution in [-0.2, 0) is 6.54 Å². The minimum absolute atomic E-state index is 0.273. The SMILES string of the molecule is NCc1ccc(Cl)c(-c2ccc3c(c2)OCO3)c1. The summed E-state index contributed by atoms with van der Waals surface area (Å²) >= 11 is 6.23. The fraction of sp³-hybridized carbons (Fsp3) is 0.143. The zero-order chi connectivity index (χ0) is 12.5. The molecule has 0 atom stereocenters. The summed E-state index contributed by atoms with van der Waals surface area (Å²) in [6.07, 6.45) is 0. The van der Waals surface area contributed by atoms with E-state index in [9.17, 15) is 0 Å². The largest absolute Gasteiger partial charge is 0.454 e. The monoisotopic (exact) mass is 261 g/mol. The van der Waals surface area contributed by atoms with Crippen molar-refractivity contribution in [1.82, 2.24) is 0 Å². The first-order valence-corrected chi connectivity index (χ1v) is 6.04. The van der Waals surface area contributed by atoms with Crippen LogP contribution >= 0.6 is 11.6 Å². The van der Waals surface area contributed by atoms with E-state index in [0.717, 1.165) is 28.2 Å². The zero-order valence-electron chi connectivity index (χ0n) is 9.65. The van der Waals surface area contributed by atoms with Crippen LogP contribution in [0, 0.1) is 0 Å². The molecule has 0 unspecified atom stereocenters. The molecule has 0 radical (unpaired) electrons.